The van der Waals surface area contributed by atoms with Crippen molar-refractivity contribution in [1.29, 1.82) is 0 Å². The Balaban J connectivity index is 1.83. The summed E-state index contributed by atoms with van der Waals surface area (Å²) in [5, 5.41) is -23.7. The average molecular weight is 1040 g/mol. The molecule has 29 heteroatoms. The summed E-state index contributed by atoms with van der Waals surface area (Å²) in [6.45, 7) is 0. The highest BCUT2D eigenvalue weighted by molar-refractivity contribution is 7.11. The normalized spacial score (nSPS) is 12.3. The van der Waals surface area contributed by atoms with E-state index in [2.05, 4.69) is 0 Å². The fourth-order valence-corrected chi connectivity index (χ4v) is 8.56. The molecule has 0 aliphatic rings. The summed E-state index contributed by atoms with van der Waals surface area (Å²) in [6.07, 6.45) is -11.0. The lowest BCUT2D eigenvalue weighted by atomic mass is 9.13. The number of fused-ring (bicyclic) bond motifs is 4. The molecule has 0 aliphatic carbocycles. The molecule has 0 N–H and O–H groups in total. The lowest BCUT2D eigenvalue weighted by Gasteiger charge is -2.44. The standard InChI is InChI=1S/C41H2BF28/c43-14-2(15(44)19(48)7-3(14)23(52)34(63)38(67)27(7)56)1-42(11-16(45)4-8(20(49)31(11)60)28(57)39(68)35(64)24(4)53,12-17(46)5-9(21(50)32(12)61)29(58)40(69)36(65)25(5)54)13-18(47)6-10(22(51)33(13)62)30(59)41(70)37(66)26(6)55/h1H2/q-1. The molecule has 0 radical (unpaired) electrons. The van der Waals surface area contributed by atoms with E-state index < -0.39 is 240 Å². The molecule has 0 spiro atoms. The van der Waals surface area contributed by atoms with Crippen molar-refractivity contribution in [2.24, 2.45) is 0 Å². The fraction of sp³-hybridized carbons (Fsp3) is 0.0244. The zero-order valence-electron chi connectivity index (χ0n) is 31.9. The Labute approximate surface area is 363 Å². The molecule has 0 bridgehead atoms. The molecule has 70 heavy (non-hydrogen) atoms. The van der Waals surface area contributed by atoms with E-state index in [4.69, 9.17) is 0 Å². The lowest BCUT2D eigenvalue weighted by molar-refractivity contribution is 0.411. The van der Waals surface area contributed by atoms with Crippen molar-refractivity contribution in [3.05, 3.63) is 168 Å². The first-order chi connectivity index (χ1) is 32.5. The Bertz CT molecular complexity index is 3500. The zero-order chi connectivity index (χ0) is 52.3. The number of rotatable bonds is 5. The molecule has 0 saturated carbocycles. The van der Waals surface area contributed by atoms with Crippen LogP contribution in [-0.4, -0.2) is 6.15 Å². The average Bonchev–Trinajstić information content (AvgIpc) is 3.31. The maximum atomic E-state index is 17.3. The maximum absolute atomic E-state index is 17.3. The van der Waals surface area contributed by atoms with Crippen LogP contribution in [0, 0.1) is 163 Å². The molecule has 0 aliphatic heterocycles. The Kier molecular flexibility index (Phi) is 11.3. The van der Waals surface area contributed by atoms with Crippen molar-refractivity contribution in [2.45, 2.75) is 6.32 Å². The van der Waals surface area contributed by atoms with Crippen LogP contribution in [0.25, 0.3) is 43.1 Å². The number of benzene rings is 8. The molecule has 8 aromatic rings. The van der Waals surface area contributed by atoms with E-state index in [1.165, 1.54) is 0 Å². The minimum atomic E-state index is -7.35. The third kappa shape index (κ3) is 5.93. The van der Waals surface area contributed by atoms with Crippen molar-refractivity contribution in [1.82, 2.24) is 0 Å². The molecular weight excluding hydrogens is 1040 g/mol. The molecule has 366 valence electrons. The summed E-state index contributed by atoms with van der Waals surface area (Å²) in [5.41, 5.74) is -14.1. The first kappa shape index (κ1) is 49.3. The molecule has 0 unspecified atom stereocenters. The molecule has 8 rings (SSSR count). The second-order valence-electron chi connectivity index (χ2n) is 14.8. The van der Waals surface area contributed by atoms with Gasteiger partial charge in [-0.2, -0.15) is 0 Å². The van der Waals surface area contributed by atoms with Crippen LogP contribution in [0.3, 0.4) is 0 Å². The first-order valence-electron chi connectivity index (χ1n) is 17.9. The van der Waals surface area contributed by atoms with Gasteiger partial charge in [-0.1, -0.05) is 0 Å². The van der Waals surface area contributed by atoms with Crippen molar-refractivity contribution in [2.75, 3.05) is 0 Å². The highest BCUT2D eigenvalue weighted by Gasteiger charge is 2.50. The third-order valence-electron chi connectivity index (χ3n) is 11.5. The molecular formula is C41H2BF28-. The Hall–Kier alpha value is -7.10. The molecule has 0 aromatic heterocycles. The highest BCUT2D eigenvalue weighted by atomic mass is 19.2. The predicted octanol–water partition coefficient (Wildman–Crippen LogP) is 12.4. The topological polar surface area (TPSA) is 0 Å². The third-order valence-corrected chi connectivity index (χ3v) is 11.5. The number of halogens is 28. The van der Waals surface area contributed by atoms with Gasteiger partial charge in [-0.05, 0) is 5.56 Å². The molecule has 0 atom stereocenters. The van der Waals surface area contributed by atoms with Crippen LogP contribution in [0.5, 0.6) is 0 Å². The number of hydrogen-bond acceptors (Lipinski definition) is 0. The van der Waals surface area contributed by atoms with Gasteiger partial charge in [0.15, 0.2) is 122 Å². The Morgan fingerprint density at radius 2 is 0.314 bits per heavy atom. The summed E-state index contributed by atoms with van der Waals surface area (Å²) in [6, 6.07) is 0. The number of hydrogen-bond donors (Lipinski definition) is 0. The van der Waals surface area contributed by atoms with Crippen LogP contribution < -0.4 is 16.4 Å². The molecule has 0 fully saturated rings. The monoisotopic (exact) mass is 1040 g/mol. The van der Waals surface area contributed by atoms with Crippen LogP contribution in [0.15, 0.2) is 0 Å². The van der Waals surface area contributed by atoms with Crippen molar-refractivity contribution in [3.8, 4) is 0 Å². The molecule has 8 aromatic carbocycles. The van der Waals surface area contributed by atoms with Crippen LogP contribution in [0.1, 0.15) is 5.56 Å². The van der Waals surface area contributed by atoms with Gasteiger partial charge in [-0.25, -0.2) is 123 Å². The fourth-order valence-electron chi connectivity index (χ4n) is 8.56. The SMILES string of the molecule is Fc1c(F)c(F)c2c(F)c(C[B-](c3c(F)c(F)c4c(F)c(F)c(F)c(F)c4c3F)(c3c(F)c(F)c4c(F)c(F)c(F)c(F)c4c3F)c3c(F)c(F)c4c(F)c(F)c(F)c(F)c4c3F)c(F)c(F)c2c1F. The summed E-state index contributed by atoms with van der Waals surface area (Å²) in [5.74, 6) is -97.0. The quantitative estimate of drug-likeness (QED) is 0.0697. The van der Waals surface area contributed by atoms with E-state index in [1.54, 1.807) is 0 Å². The second kappa shape index (κ2) is 16.0. The van der Waals surface area contributed by atoms with Gasteiger partial charge in [0.25, 0.3) is 0 Å². The van der Waals surface area contributed by atoms with Crippen molar-refractivity contribution in [3.63, 3.8) is 0 Å². The Morgan fingerprint density at radius 3 is 0.529 bits per heavy atom. The zero-order valence-corrected chi connectivity index (χ0v) is 31.9. The van der Waals surface area contributed by atoms with Gasteiger partial charge < -0.3 is 0 Å². The van der Waals surface area contributed by atoms with Crippen LogP contribution >= 0.6 is 0 Å². The van der Waals surface area contributed by atoms with E-state index in [-0.39, 0.29) is 0 Å². The minimum absolute atomic E-state index is 2.74. The van der Waals surface area contributed by atoms with Gasteiger partial charge in [0.1, 0.15) is 46.9 Å². The molecule has 0 heterocycles. The van der Waals surface area contributed by atoms with E-state index in [0.717, 1.165) is 0 Å². The summed E-state index contributed by atoms with van der Waals surface area (Å²) in [7, 11) is 0. The van der Waals surface area contributed by atoms with E-state index in [9.17, 15) is 39.5 Å². The van der Waals surface area contributed by atoms with Crippen LogP contribution in [0.2, 0.25) is 0 Å². The van der Waals surface area contributed by atoms with Gasteiger partial charge in [-0.3, -0.25) is 0 Å². The molecule has 0 amide bonds. The summed E-state index contributed by atoms with van der Waals surface area (Å²) < 4.78 is 439. The lowest BCUT2D eigenvalue weighted by Crippen LogP contribution is -2.74. The van der Waals surface area contributed by atoms with Gasteiger partial charge >= 0.3 is 0 Å². The van der Waals surface area contributed by atoms with Gasteiger partial charge in [0.05, 0.1) is 43.1 Å². The van der Waals surface area contributed by atoms with Gasteiger partial charge in [0, 0.05) is 0 Å². The Morgan fingerprint density at radius 1 is 0.157 bits per heavy atom. The van der Waals surface area contributed by atoms with Gasteiger partial charge in [-0.15, -0.1) is 22.7 Å². The largest absolute Gasteiger partial charge is 0.210 e. The first-order valence-corrected chi connectivity index (χ1v) is 17.9. The molecule has 0 nitrogen and oxygen atoms in total. The summed E-state index contributed by atoms with van der Waals surface area (Å²) >= 11 is 0. The van der Waals surface area contributed by atoms with E-state index in [1.807, 2.05) is 0 Å². The van der Waals surface area contributed by atoms with E-state index >= 15 is 83.4 Å². The van der Waals surface area contributed by atoms with Crippen LogP contribution in [-0.2, 0) is 6.32 Å². The summed E-state index contributed by atoms with van der Waals surface area (Å²) in [4.78, 5) is 0. The maximum Gasteiger partial charge on any atom is 0.198 e. The van der Waals surface area contributed by atoms with Crippen LogP contribution in [0.4, 0.5) is 123 Å². The minimum Gasteiger partial charge on any atom is -0.210 e. The van der Waals surface area contributed by atoms with Crippen molar-refractivity contribution >= 4 is 65.6 Å². The van der Waals surface area contributed by atoms with Crippen molar-refractivity contribution < 1.29 is 123 Å². The second-order valence-corrected chi connectivity index (χ2v) is 14.8. The predicted molar refractivity (Wildman–Crippen MR) is 183 cm³/mol. The van der Waals surface area contributed by atoms with E-state index in [0.29, 0.717) is 0 Å². The smallest absolute Gasteiger partial charge is 0.198 e. The molecule has 0 saturated heterocycles. The van der Waals surface area contributed by atoms with Gasteiger partial charge in [0.2, 0.25) is 0 Å². The highest BCUT2D eigenvalue weighted by Crippen LogP contribution is 2.42.